The van der Waals surface area contributed by atoms with Crippen molar-refractivity contribution in [3.05, 3.63) is 0 Å². The van der Waals surface area contributed by atoms with Crippen LogP contribution in [0.3, 0.4) is 0 Å². The highest BCUT2D eigenvalue weighted by Crippen LogP contribution is 2.29. The number of terminal acetylenes is 1. The smallest absolute Gasteiger partial charge is 0.0763 e. The Bertz CT molecular complexity index is 223. The minimum Gasteiger partial charge on any atom is -0.380 e. The number of hydrogen-bond acceptors (Lipinski definition) is 2. The molecule has 0 unspecified atom stereocenters. The lowest BCUT2D eigenvalue weighted by Gasteiger charge is -2.44. The number of nitrogens with zero attached hydrogens (tertiary/aromatic N) is 1. The Kier molecular flexibility index (Phi) is 2.70. The van der Waals surface area contributed by atoms with Crippen molar-refractivity contribution >= 4 is 0 Å². The molecule has 0 radical (unpaired) electrons. The standard InChI is InChI=1S/C11H19NO/c1-6-10(2,3)12(5)7-11(4)8-13-9-11/h1H,7-9H2,2-5H3. The molecule has 1 saturated heterocycles. The van der Waals surface area contributed by atoms with Crippen LogP contribution < -0.4 is 0 Å². The van der Waals surface area contributed by atoms with Crippen molar-refractivity contribution in [1.82, 2.24) is 4.90 Å². The van der Waals surface area contributed by atoms with Gasteiger partial charge in [-0.15, -0.1) is 6.42 Å². The second-order valence-corrected chi connectivity index (χ2v) is 4.86. The van der Waals surface area contributed by atoms with E-state index in [-0.39, 0.29) is 5.54 Å². The van der Waals surface area contributed by atoms with E-state index in [1.54, 1.807) is 0 Å². The zero-order chi connectivity index (χ0) is 10.1. The van der Waals surface area contributed by atoms with Gasteiger partial charge in [-0.2, -0.15) is 0 Å². The molecule has 0 aromatic carbocycles. The van der Waals surface area contributed by atoms with Crippen LogP contribution in [-0.4, -0.2) is 37.2 Å². The van der Waals surface area contributed by atoms with Gasteiger partial charge in [-0.25, -0.2) is 0 Å². The van der Waals surface area contributed by atoms with Crippen LogP contribution in [0.25, 0.3) is 0 Å². The van der Waals surface area contributed by atoms with Crippen molar-refractivity contribution in [2.75, 3.05) is 26.8 Å². The first-order valence-electron chi connectivity index (χ1n) is 4.66. The van der Waals surface area contributed by atoms with Crippen LogP contribution in [-0.2, 0) is 4.74 Å². The predicted molar refractivity (Wildman–Crippen MR) is 54.5 cm³/mol. The molecule has 1 fully saturated rings. The second kappa shape index (κ2) is 3.32. The molecule has 1 heterocycles. The van der Waals surface area contributed by atoms with E-state index in [1.807, 2.05) is 0 Å². The van der Waals surface area contributed by atoms with Gasteiger partial charge in [0.05, 0.1) is 18.8 Å². The molecule has 0 bridgehead atoms. The molecular weight excluding hydrogens is 162 g/mol. The van der Waals surface area contributed by atoms with Crippen molar-refractivity contribution in [2.24, 2.45) is 5.41 Å². The molecule has 13 heavy (non-hydrogen) atoms. The van der Waals surface area contributed by atoms with Gasteiger partial charge >= 0.3 is 0 Å². The lowest BCUT2D eigenvalue weighted by molar-refractivity contribution is -0.118. The SMILES string of the molecule is C#CC(C)(C)N(C)CC1(C)COC1. The first kappa shape index (κ1) is 10.6. The molecule has 74 valence electrons. The molecule has 1 rings (SSSR count). The average Bonchev–Trinajstić information content (AvgIpc) is 2.01. The monoisotopic (exact) mass is 181 g/mol. The van der Waals surface area contributed by atoms with Crippen molar-refractivity contribution in [3.8, 4) is 12.3 Å². The fourth-order valence-electron chi connectivity index (χ4n) is 1.42. The molecule has 0 aromatic rings. The van der Waals surface area contributed by atoms with Crippen LogP contribution >= 0.6 is 0 Å². The fourth-order valence-corrected chi connectivity index (χ4v) is 1.42. The van der Waals surface area contributed by atoms with Gasteiger partial charge in [0, 0.05) is 12.0 Å². The summed E-state index contributed by atoms with van der Waals surface area (Å²) >= 11 is 0. The molecule has 0 amide bonds. The van der Waals surface area contributed by atoms with Crippen LogP contribution in [0.15, 0.2) is 0 Å². The summed E-state index contributed by atoms with van der Waals surface area (Å²) in [7, 11) is 2.07. The summed E-state index contributed by atoms with van der Waals surface area (Å²) in [5, 5.41) is 0. The predicted octanol–water partition coefficient (Wildman–Crippen LogP) is 1.37. The van der Waals surface area contributed by atoms with E-state index >= 15 is 0 Å². The van der Waals surface area contributed by atoms with Crippen molar-refractivity contribution < 1.29 is 4.74 Å². The van der Waals surface area contributed by atoms with Gasteiger partial charge in [0.2, 0.25) is 0 Å². The molecule has 0 aromatic heterocycles. The Labute approximate surface area is 81.3 Å². The van der Waals surface area contributed by atoms with E-state index in [4.69, 9.17) is 11.2 Å². The van der Waals surface area contributed by atoms with E-state index in [1.165, 1.54) is 0 Å². The Morgan fingerprint density at radius 2 is 2.08 bits per heavy atom. The third-order valence-electron chi connectivity index (χ3n) is 2.83. The fraction of sp³-hybridized carbons (Fsp3) is 0.818. The summed E-state index contributed by atoms with van der Waals surface area (Å²) in [6, 6.07) is 0. The average molecular weight is 181 g/mol. The number of ether oxygens (including phenoxy) is 1. The van der Waals surface area contributed by atoms with Crippen LogP contribution in [0.1, 0.15) is 20.8 Å². The Morgan fingerprint density at radius 1 is 1.54 bits per heavy atom. The zero-order valence-corrected chi connectivity index (χ0v) is 9.05. The van der Waals surface area contributed by atoms with Crippen molar-refractivity contribution in [1.29, 1.82) is 0 Å². The molecule has 0 aliphatic carbocycles. The van der Waals surface area contributed by atoms with Gasteiger partial charge in [0.15, 0.2) is 0 Å². The van der Waals surface area contributed by atoms with Crippen LogP contribution in [0.4, 0.5) is 0 Å². The highest BCUT2D eigenvalue weighted by molar-refractivity contribution is 5.08. The van der Waals surface area contributed by atoms with Gasteiger partial charge in [-0.05, 0) is 20.9 Å². The minimum atomic E-state index is -0.154. The Morgan fingerprint density at radius 3 is 2.38 bits per heavy atom. The number of hydrogen-bond donors (Lipinski definition) is 0. The first-order chi connectivity index (χ1) is 5.90. The molecular formula is C11H19NO. The van der Waals surface area contributed by atoms with E-state index in [2.05, 4.69) is 38.6 Å². The third-order valence-corrected chi connectivity index (χ3v) is 2.83. The molecule has 1 aliphatic heterocycles. The minimum absolute atomic E-state index is 0.154. The summed E-state index contributed by atoms with van der Waals surface area (Å²) in [6.45, 7) is 9.09. The second-order valence-electron chi connectivity index (χ2n) is 4.86. The van der Waals surface area contributed by atoms with Gasteiger partial charge < -0.3 is 4.74 Å². The van der Waals surface area contributed by atoms with Crippen LogP contribution in [0.5, 0.6) is 0 Å². The quantitative estimate of drug-likeness (QED) is 0.610. The van der Waals surface area contributed by atoms with E-state index in [0.29, 0.717) is 5.41 Å². The lowest BCUT2D eigenvalue weighted by Crippen LogP contribution is -2.52. The topological polar surface area (TPSA) is 12.5 Å². The number of rotatable bonds is 3. The molecule has 0 spiro atoms. The maximum absolute atomic E-state index is 5.46. The summed E-state index contributed by atoms with van der Waals surface area (Å²) < 4.78 is 5.21. The summed E-state index contributed by atoms with van der Waals surface area (Å²) in [5.74, 6) is 2.80. The summed E-state index contributed by atoms with van der Waals surface area (Å²) in [5.41, 5.74) is 0.154. The molecule has 0 N–H and O–H groups in total. The summed E-state index contributed by atoms with van der Waals surface area (Å²) in [6.07, 6.45) is 5.46. The lowest BCUT2D eigenvalue weighted by atomic mass is 9.86. The van der Waals surface area contributed by atoms with Gasteiger partial charge in [0.25, 0.3) is 0 Å². The molecule has 0 atom stereocenters. The normalized spacial score (nSPS) is 20.9. The van der Waals surface area contributed by atoms with Crippen molar-refractivity contribution in [2.45, 2.75) is 26.3 Å². The Hall–Kier alpha value is -0.520. The Balaban J connectivity index is 2.50. The highest BCUT2D eigenvalue weighted by atomic mass is 16.5. The van der Waals surface area contributed by atoms with Gasteiger partial charge in [0.1, 0.15) is 0 Å². The van der Waals surface area contributed by atoms with Crippen LogP contribution in [0.2, 0.25) is 0 Å². The first-order valence-corrected chi connectivity index (χ1v) is 4.66. The van der Waals surface area contributed by atoms with Crippen molar-refractivity contribution in [3.63, 3.8) is 0 Å². The molecule has 1 aliphatic rings. The zero-order valence-electron chi connectivity index (χ0n) is 9.05. The maximum atomic E-state index is 5.46. The molecule has 0 saturated carbocycles. The van der Waals surface area contributed by atoms with E-state index in [9.17, 15) is 0 Å². The third kappa shape index (κ3) is 2.24. The van der Waals surface area contributed by atoms with E-state index < -0.39 is 0 Å². The highest BCUT2D eigenvalue weighted by Gasteiger charge is 2.37. The molecule has 2 heteroatoms. The van der Waals surface area contributed by atoms with E-state index in [0.717, 1.165) is 19.8 Å². The van der Waals surface area contributed by atoms with Gasteiger partial charge in [-0.3, -0.25) is 4.90 Å². The van der Waals surface area contributed by atoms with Crippen LogP contribution in [0, 0.1) is 17.8 Å². The molecule has 2 nitrogen and oxygen atoms in total. The largest absolute Gasteiger partial charge is 0.380 e. The summed E-state index contributed by atoms with van der Waals surface area (Å²) in [4.78, 5) is 2.22. The van der Waals surface area contributed by atoms with Gasteiger partial charge in [-0.1, -0.05) is 12.8 Å². The maximum Gasteiger partial charge on any atom is 0.0763 e.